The summed E-state index contributed by atoms with van der Waals surface area (Å²) in [6, 6.07) is 6.82. The van der Waals surface area contributed by atoms with Gasteiger partial charge in [-0.1, -0.05) is 6.07 Å². The predicted octanol–water partition coefficient (Wildman–Crippen LogP) is 1.60. The number of benzene rings is 1. The third-order valence-electron chi connectivity index (χ3n) is 3.24. The fraction of sp³-hybridized carbons (Fsp3) is 0.400. The van der Waals surface area contributed by atoms with Crippen molar-refractivity contribution in [3.05, 3.63) is 24.3 Å². The molecule has 0 bridgehead atoms. The summed E-state index contributed by atoms with van der Waals surface area (Å²) >= 11 is 0. The lowest BCUT2D eigenvalue weighted by molar-refractivity contribution is -0.133. The number of likely N-dealkylation sites (tertiary alicyclic amines) is 1. The largest absolute Gasteiger partial charge is 0.342 e. The summed E-state index contributed by atoms with van der Waals surface area (Å²) in [5.74, 6) is -0.655. The van der Waals surface area contributed by atoms with Crippen molar-refractivity contribution in [3.8, 4) is 0 Å². The topological polar surface area (TPSA) is 78.5 Å². The molecule has 0 spiro atoms. The van der Waals surface area contributed by atoms with E-state index >= 15 is 0 Å². The number of nitrogens with one attached hydrogen (secondary N) is 2. The zero-order valence-corrected chi connectivity index (χ0v) is 12.0. The molecule has 1 heterocycles. The highest BCUT2D eigenvalue weighted by atomic mass is 16.2. The lowest BCUT2D eigenvalue weighted by atomic mass is 10.2. The summed E-state index contributed by atoms with van der Waals surface area (Å²) in [6.07, 6.45) is 1.86. The standard InChI is InChI=1S/C15H19N3O3/c1-11(19)16-12-5-4-6-13(9-12)17-14(20)10-15(21)18-7-2-3-8-18/h4-6,9H,2-3,7-8,10H2,1H3,(H,16,19)(H,17,20). The van der Waals surface area contributed by atoms with Gasteiger partial charge in [0.2, 0.25) is 17.7 Å². The maximum absolute atomic E-state index is 11.9. The van der Waals surface area contributed by atoms with Gasteiger partial charge >= 0.3 is 0 Å². The van der Waals surface area contributed by atoms with E-state index in [0.717, 1.165) is 25.9 Å². The first-order valence-corrected chi connectivity index (χ1v) is 7.00. The first kappa shape index (κ1) is 15.0. The van der Waals surface area contributed by atoms with Crippen LogP contribution in [0.1, 0.15) is 26.2 Å². The Kier molecular flexibility index (Phi) is 4.92. The Morgan fingerprint density at radius 1 is 1.10 bits per heavy atom. The van der Waals surface area contributed by atoms with Crippen LogP contribution in [0.4, 0.5) is 11.4 Å². The van der Waals surface area contributed by atoms with Crippen molar-refractivity contribution in [1.82, 2.24) is 4.90 Å². The highest BCUT2D eigenvalue weighted by molar-refractivity contribution is 6.04. The number of carbonyl (C=O) groups excluding carboxylic acids is 3. The molecule has 1 aromatic carbocycles. The van der Waals surface area contributed by atoms with Gasteiger partial charge in [0.15, 0.2) is 0 Å². The van der Waals surface area contributed by atoms with E-state index in [9.17, 15) is 14.4 Å². The zero-order chi connectivity index (χ0) is 15.2. The van der Waals surface area contributed by atoms with Crippen LogP contribution in [0.3, 0.4) is 0 Å². The van der Waals surface area contributed by atoms with Crippen molar-refractivity contribution in [2.75, 3.05) is 23.7 Å². The molecule has 1 fully saturated rings. The lowest BCUT2D eigenvalue weighted by Gasteiger charge is -2.15. The van der Waals surface area contributed by atoms with Crippen molar-refractivity contribution in [3.63, 3.8) is 0 Å². The van der Waals surface area contributed by atoms with Crippen LogP contribution in [0.15, 0.2) is 24.3 Å². The Balaban J connectivity index is 1.89. The molecule has 6 heteroatoms. The molecule has 21 heavy (non-hydrogen) atoms. The molecule has 0 unspecified atom stereocenters. The Morgan fingerprint density at radius 2 is 1.71 bits per heavy atom. The fourth-order valence-corrected chi connectivity index (χ4v) is 2.30. The molecule has 0 saturated carbocycles. The minimum atomic E-state index is -0.341. The number of carbonyl (C=O) groups is 3. The van der Waals surface area contributed by atoms with Gasteiger partial charge in [-0.25, -0.2) is 0 Å². The van der Waals surface area contributed by atoms with Gasteiger partial charge in [-0.15, -0.1) is 0 Å². The number of amides is 3. The van der Waals surface area contributed by atoms with Gasteiger partial charge in [0.05, 0.1) is 0 Å². The van der Waals surface area contributed by atoms with Crippen LogP contribution in [0.25, 0.3) is 0 Å². The van der Waals surface area contributed by atoms with Gasteiger partial charge in [0.25, 0.3) is 0 Å². The molecule has 2 rings (SSSR count). The third kappa shape index (κ3) is 4.59. The molecule has 1 aliphatic heterocycles. The molecule has 0 atom stereocenters. The number of hydrogen-bond acceptors (Lipinski definition) is 3. The van der Waals surface area contributed by atoms with E-state index in [2.05, 4.69) is 10.6 Å². The fourth-order valence-electron chi connectivity index (χ4n) is 2.30. The van der Waals surface area contributed by atoms with Crippen LogP contribution in [-0.4, -0.2) is 35.7 Å². The van der Waals surface area contributed by atoms with E-state index < -0.39 is 0 Å². The highest BCUT2D eigenvalue weighted by Gasteiger charge is 2.20. The van der Waals surface area contributed by atoms with Gasteiger partial charge in [-0.05, 0) is 31.0 Å². The van der Waals surface area contributed by atoms with Gasteiger partial charge in [-0.2, -0.15) is 0 Å². The van der Waals surface area contributed by atoms with Gasteiger partial charge < -0.3 is 15.5 Å². The molecule has 112 valence electrons. The molecule has 0 aromatic heterocycles. The minimum absolute atomic E-state index is 0.136. The van der Waals surface area contributed by atoms with Crippen molar-refractivity contribution < 1.29 is 14.4 Å². The molecule has 1 saturated heterocycles. The van der Waals surface area contributed by atoms with Crippen LogP contribution in [0.5, 0.6) is 0 Å². The average molecular weight is 289 g/mol. The van der Waals surface area contributed by atoms with E-state index in [4.69, 9.17) is 0 Å². The maximum Gasteiger partial charge on any atom is 0.233 e. The molecular weight excluding hydrogens is 270 g/mol. The summed E-state index contributed by atoms with van der Waals surface area (Å²) in [5, 5.41) is 5.31. The minimum Gasteiger partial charge on any atom is -0.342 e. The average Bonchev–Trinajstić information content (AvgIpc) is 2.91. The second kappa shape index (κ2) is 6.88. The number of rotatable bonds is 4. The number of anilines is 2. The molecule has 1 aliphatic rings. The first-order chi connectivity index (χ1) is 10.0. The molecule has 6 nitrogen and oxygen atoms in total. The second-order valence-electron chi connectivity index (χ2n) is 5.07. The van der Waals surface area contributed by atoms with Crippen LogP contribution in [0, 0.1) is 0 Å². The van der Waals surface area contributed by atoms with E-state index in [1.807, 2.05) is 0 Å². The summed E-state index contributed by atoms with van der Waals surface area (Å²) in [6.45, 7) is 2.90. The van der Waals surface area contributed by atoms with Crippen LogP contribution < -0.4 is 10.6 Å². The Labute approximate surface area is 123 Å². The Morgan fingerprint density at radius 3 is 2.33 bits per heavy atom. The van der Waals surface area contributed by atoms with E-state index in [1.54, 1.807) is 29.2 Å². The first-order valence-electron chi connectivity index (χ1n) is 7.00. The maximum atomic E-state index is 11.9. The van der Waals surface area contributed by atoms with Crippen LogP contribution in [-0.2, 0) is 14.4 Å². The second-order valence-corrected chi connectivity index (χ2v) is 5.07. The summed E-state index contributed by atoms with van der Waals surface area (Å²) in [4.78, 5) is 36.4. The zero-order valence-electron chi connectivity index (χ0n) is 12.0. The molecule has 1 aromatic rings. The number of hydrogen-bond donors (Lipinski definition) is 2. The molecule has 0 radical (unpaired) electrons. The summed E-state index contributed by atoms with van der Waals surface area (Å²) < 4.78 is 0. The summed E-state index contributed by atoms with van der Waals surface area (Å²) in [7, 11) is 0. The Bertz CT molecular complexity index is 551. The van der Waals surface area contributed by atoms with E-state index in [1.165, 1.54) is 6.92 Å². The van der Waals surface area contributed by atoms with Crippen LogP contribution in [0.2, 0.25) is 0 Å². The quantitative estimate of drug-likeness (QED) is 0.826. The van der Waals surface area contributed by atoms with Gasteiger partial charge in [-0.3, -0.25) is 14.4 Å². The highest BCUT2D eigenvalue weighted by Crippen LogP contribution is 2.16. The third-order valence-corrected chi connectivity index (χ3v) is 3.24. The molecule has 2 N–H and O–H groups in total. The van der Waals surface area contributed by atoms with Crippen molar-refractivity contribution in [2.45, 2.75) is 26.2 Å². The summed E-state index contributed by atoms with van der Waals surface area (Å²) in [5.41, 5.74) is 1.16. The van der Waals surface area contributed by atoms with Gasteiger partial charge in [0.1, 0.15) is 6.42 Å². The molecule has 3 amide bonds. The Hall–Kier alpha value is -2.37. The molecular formula is C15H19N3O3. The van der Waals surface area contributed by atoms with E-state index in [0.29, 0.717) is 11.4 Å². The SMILES string of the molecule is CC(=O)Nc1cccc(NC(=O)CC(=O)N2CCCC2)c1. The van der Waals surface area contributed by atoms with Crippen LogP contribution >= 0.6 is 0 Å². The molecule has 0 aliphatic carbocycles. The van der Waals surface area contributed by atoms with Crippen molar-refractivity contribution in [1.29, 1.82) is 0 Å². The smallest absolute Gasteiger partial charge is 0.233 e. The van der Waals surface area contributed by atoms with Crippen molar-refractivity contribution in [2.24, 2.45) is 0 Å². The predicted molar refractivity (Wildman–Crippen MR) is 79.8 cm³/mol. The normalized spacial score (nSPS) is 13.9. The van der Waals surface area contributed by atoms with Gasteiger partial charge in [0, 0.05) is 31.4 Å². The monoisotopic (exact) mass is 289 g/mol. The van der Waals surface area contributed by atoms with E-state index in [-0.39, 0.29) is 24.1 Å². The number of nitrogens with zero attached hydrogens (tertiary/aromatic N) is 1. The lowest BCUT2D eigenvalue weighted by Crippen LogP contribution is -2.31. The van der Waals surface area contributed by atoms with Crippen molar-refractivity contribution >= 4 is 29.1 Å².